The molecule has 148 valence electrons. The first-order valence-electron chi connectivity index (χ1n) is 9.71. The molecule has 0 radical (unpaired) electrons. The third-order valence-electron chi connectivity index (χ3n) is 5.98. The number of carbonyl (C=O) groups excluding carboxylic acids is 1. The van der Waals surface area contributed by atoms with Gasteiger partial charge in [0.15, 0.2) is 11.6 Å². The van der Waals surface area contributed by atoms with Crippen molar-refractivity contribution in [1.29, 1.82) is 0 Å². The minimum atomic E-state index is -0.807. The number of likely N-dealkylation sites (tertiary alicyclic amines) is 1. The average Bonchev–Trinajstić information content (AvgIpc) is 2.68. The number of anilines is 1. The number of para-hydroxylation sites is 1. The second-order valence-corrected chi connectivity index (χ2v) is 7.98. The molecule has 4 rings (SSSR count). The molecular formula is C22H25F2N3O. The van der Waals surface area contributed by atoms with Gasteiger partial charge in [-0.15, -0.1) is 0 Å². The van der Waals surface area contributed by atoms with Crippen molar-refractivity contribution in [1.82, 2.24) is 9.80 Å². The lowest BCUT2D eigenvalue weighted by molar-refractivity contribution is -0.132. The van der Waals surface area contributed by atoms with Crippen LogP contribution in [0.3, 0.4) is 0 Å². The van der Waals surface area contributed by atoms with E-state index in [0.29, 0.717) is 25.1 Å². The van der Waals surface area contributed by atoms with Crippen LogP contribution >= 0.6 is 0 Å². The Hall–Kier alpha value is -2.47. The number of fused-ring (bicyclic) bond motifs is 1. The van der Waals surface area contributed by atoms with Crippen molar-refractivity contribution in [3.05, 3.63) is 65.2 Å². The second kappa shape index (κ2) is 7.51. The second-order valence-electron chi connectivity index (χ2n) is 7.98. The van der Waals surface area contributed by atoms with Gasteiger partial charge in [-0.3, -0.25) is 9.69 Å². The molecule has 0 aromatic heterocycles. The number of hydrogen-bond acceptors (Lipinski definition) is 3. The van der Waals surface area contributed by atoms with Gasteiger partial charge in [0.1, 0.15) is 0 Å². The number of nitrogens with one attached hydrogen (secondary N) is 1. The van der Waals surface area contributed by atoms with Crippen molar-refractivity contribution >= 4 is 11.6 Å². The first-order chi connectivity index (χ1) is 13.5. The lowest BCUT2D eigenvalue weighted by Gasteiger charge is -2.45. The van der Waals surface area contributed by atoms with E-state index < -0.39 is 11.6 Å². The molecule has 0 atom stereocenters. The van der Waals surface area contributed by atoms with Crippen molar-refractivity contribution in [3.63, 3.8) is 0 Å². The highest BCUT2D eigenvalue weighted by atomic mass is 19.2. The molecule has 1 amide bonds. The Morgan fingerprint density at radius 2 is 1.82 bits per heavy atom. The standard InChI is InChI=1S/C22H25F2N3O/c1-26-14-16-5-2-3-8-19(16)25-22(13-20(26)28)9-11-27(12-10-22)15-17-6-4-7-18(23)21(17)24/h2-8,25H,9-15H2,1H3. The molecule has 0 aliphatic carbocycles. The fourth-order valence-corrected chi connectivity index (χ4v) is 4.23. The van der Waals surface area contributed by atoms with E-state index in [2.05, 4.69) is 16.3 Å². The zero-order valence-corrected chi connectivity index (χ0v) is 16.0. The van der Waals surface area contributed by atoms with Gasteiger partial charge in [0.05, 0.1) is 0 Å². The van der Waals surface area contributed by atoms with Crippen LogP contribution in [0, 0.1) is 11.6 Å². The maximum absolute atomic E-state index is 14.0. The van der Waals surface area contributed by atoms with Gasteiger partial charge >= 0.3 is 0 Å². The molecule has 4 nitrogen and oxygen atoms in total. The number of halogens is 2. The van der Waals surface area contributed by atoms with E-state index in [9.17, 15) is 13.6 Å². The summed E-state index contributed by atoms with van der Waals surface area (Å²) in [4.78, 5) is 16.6. The normalized spacial score (nSPS) is 19.7. The van der Waals surface area contributed by atoms with Crippen LogP contribution in [0.1, 0.15) is 30.4 Å². The molecule has 1 saturated heterocycles. The molecule has 1 N–H and O–H groups in total. The Morgan fingerprint density at radius 3 is 2.61 bits per heavy atom. The van der Waals surface area contributed by atoms with Gasteiger partial charge in [-0.1, -0.05) is 30.3 Å². The maximum Gasteiger partial charge on any atom is 0.224 e. The van der Waals surface area contributed by atoms with E-state index in [1.54, 1.807) is 17.0 Å². The van der Waals surface area contributed by atoms with Gasteiger partial charge in [-0.05, 0) is 30.5 Å². The van der Waals surface area contributed by atoms with Crippen LogP contribution in [-0.4, -0.2) is 41.4 Å². The summed E-state index contributed by atoms with van der Waals surface area (Å²) in [6, 6.07) is 12.4. The fraction of sp³-hybridized carbons (Fsp3) is 0.409. The van der Waals surface area contributed by atoms with E-state index in [1.807, 2.05) is 25.2 Å². The summed E-state index contributed by atoms with van der Waals surface area (Å²) < 4.78 is 27.5. The summed E-state index contributed by atoms with van der Waals surface area (Å²) in [6.45, 7) is 2.43. The highest BCUT2D eigenvalue weighted by Gasteiger charge is 2.39. The van der Waals surface area contributed by atoms with E-state index >= 15 is 0 Å². The van der Waals surface area contributed by atoms with Gasteiger partial charge in [-0.25, -0.2) is 8.78 Å². The quantitative estimate of drug-likeness (QED) is 0.855. The number of carbonyl (C=O) groups is 1. The summed E-state index contributed by atoms with van der Waals surface area (Å²) in [5.41, 5.74) is 2.26. The van der Waals surface area contributed by atoms with Crippen LogP contribution in [0.15, 0.2) is 42.5 Å². The monoisotopic (exact) mass is 385 g/mol. The molecule has 6 heteroatoms. The number of piperidine rings is 1. The van der Waals surface area contributed by atoms with E-state index in [-0.39, 0.29) is 11.4 Å². The van der Waals surface area contributed by atoms with E-state index in [4.69, 9.17) is 0 Å². The molecule has 1 spiro atoms. The molecule has 2 heterocycles. The third-order valence-corrected chi connectivity index (χ3v) is 5.98. The van der Waals surface area contributed by atoms with Gasteiger partial charge < -0.3 is 10.2 Å². The van der Waals surface area contributed by atoms with Gasteiger partial charge in [-0.2, -0.15) is 0 Å². The van der Waals surface area contributed by atoms with E-state index in [1.165, 1.54) is 0 Å². The number of rotatable bonds is 2. The number of nitrogens with zero attached hydrogens (tertiary/aromatic N) is 2. The van der Waals surface area contributed by atoms with Gasteiger partial charge in [0.25, 0.3) is 0 Å². The lowest BCUT2D eigenvalue weighted by Crippen LogP contribution is -2.52. The summed E-state index contributed by atoms with van der Waals surface area (Å²) >= 11 is 0. The van der Waals surface area contributed by atoms with Crippen LogP contribution in [-0.2, 0) is 17.9 Å². The topological polar surface area (TPSA) is 35.6 Å². The van der Waals surface area contributed by atoms with Crippen molar-refractivity contribution in [2.45, 2.75) is 37.9 Å². The largest absolute Gasteiger partial charge is 0.379 e. The molecule has 0 saturated carbocycles. The Balaban J connectivity index is 1.51. The summed E-state index contributed by atoms with van der Waals surface area (Å²) in [7, 11) is 1.85. The molecule has 28 heavy (non-hydrogen) atoms. The van der Waals surface area contributed by atoms with Crippen LogP contribution in [0.2, 0.25) is 0 Å². The summed E-state index contributed by atoms with van der Waals surface area (Å²) in [5.74, 6) is -1.44. The van der Waals surface area contributed by atoms with Crippen molar-refractivity contribution in [3.8, 4) is 0 Å². The van der Waals surface area contributed by atoms with Crippen LogP contribution in [0.25, 0.3) is 0 Å². The minimum Gasteiger partial charge on any atom is -0.379 e. The highest BCUT2D eigenvalue weighted by molar-refractivity contribution is 5.79. The Labute approximate surface area is 164 Å². The van der Waals surface area contributed by atoms with Crippen molar-refractivity contribution < 1.29 is 13.6 Å². The molecular weight excluding hydrogens is 360 g/mol. The average molecular weight is 385 g/mol. The minimum absolute atomic E-state index is 0.131. The smallest absolute Gasteiger partial charge is 0.224 e. The molecule has 2 aliphatic heterocycles. The van der Waals surface area contributed by atoms with Crippen molar-refractivity contribution in [2.75, 3.05) is 25.5 Å². The van der Waals surface area contributed by atoms with Crippen LogP contribution < -0.4 is 5.32 Å². The zero-order chi connectivity index (χ0) is 19.7. The fourth-order valence-electron chi connectivity index (χ4n) is 4.23. The molecule has 0 unspecified atom stereocenters. The molecule has 2 aromatic carbocycles. The van der Waals surface area contributed by atoms with E-state index in [0.717, 1.165) is 43.2 Å². The molecule has 0 bridgehead atoms. The SMILES string of the molecule is CN1Cc2ccccc2NC2(CCN(Cc3cccc(F)c3F)CC2)CC1=O. The first kappa shape index (κ1) is 18.9. The Bertz CT molecular complexity index is 878. The molecule has 2 aliphatic rings. The third kappa shape index (κ3) is 3.74. The Morgan fingerprint density at radius 1 is 1.07 bits per heavy atom. The predicted molar refractivity (Wildman–Crippen MR) is 105 cm³/mol. The zero-order valence-electron chi connectivity index (χ0n) is 16.0. The molecule has 1 fully saturated rings. The summed E-state index contributed by atoms with van der Waals surface area (Å²) in [6.07, 6.45) is 2.00. The number of amides is 1. The first-order valence-corrected chi connectivity index (χ1v) is 9.71. The highest BCUT2D eigenvalue weighted by Crippen LogP contribution is 2.35. The van der Waals surface area contributed by atoms with Crippen molar-refractivity contribution in [2.24, 2.45) is 0 Å². The molecule has 2 aromatic rings. The Kier molecular flexibility index (Phi) is 5.06. The number of benzene rings is 2. The predicted octanol–water partition coefficient (Wildman–Crippen LogP) is 3.77. The van der Waals surface area contributed by atoms with Gasteiger partial charge in [0, 0.05) is 56.4 Å². The number of hydrogen-bond donors (Lipinski definition) is 1. The maximum atomic E-state index is 14.0. The van der Waals surface area contributed by atoms with Crippen LogP contribution in [0.5, 0.6) is 0 Å². The summed E-state index contributed by atoms with van der Waals surface area (Å²) in [5, 5.41) is 3.66. The van der Waals surface area contributed by atoms with Gasteiger partial charge in [0.2, 0.25) is 5.91 Å². The lowest BCUT2D eigenvalue weighted by atomic mass is 9.82. The van der Waals surface area contributed by atoms with Crippen LogP contribution in [0.4, 0.5) is 14.5 Å².